The van der Waals surface area contributed by atoms with Gasteiger partial charge in [-0.2, -0.15) is 0 Å². The van der Waals surface area contributed by atoms with Crippen molar-refractivity contribution in [3.05, 3.63) is 0 Å². The molecule has 0 bridgehead atoms. The Morgan fingerprint density at radius 1 is 0.964 bits per heavy atom. The topological polar surface area (TPSA) is 178 Å². The highest BCUT2D eigenvalue weighted by molar-refractivity contribution is 5.73. The Bertz CT molecular complexity index is 518. The van der Waals surface area contributed by atoms with E-state index in [1.807, 2.05) is 13.8 Å². The summed E-state index contributed by atoms with van der Waals surface area (Å²) in [5, 5.41) is 62.2. The summed E-state index contributed by atoms with van der Waals surface area (Å²) in [6, 6.07) is -0.845. The summed E-state index contributed by atoms with van der Waals surface area (Å²) in [4.78, 5) is 11.7. The number of nitrogens with one attached hydrogen (secondary N) is 1. The van der Waals surface area contributed by atoms with E-state index in [0.717, 1.165) is 0 Å². The minimum absolute atomic E-state index is 0.126. The number of hydrogen-bond acceptors (Lipinski definition) is 10. The van der Waals surface area contributed by atoms with E-state index in [-0.39, 0.29) is 5.92 Å². The third kappa shape index (κ3) is 4.81. The van der Waals surface area contributed by atoms with E-state index in [0.29, 0.717) is 0 Å². The van der Waals surface area contributed by atoms with Crippen molar-refractivity contribution in [1.29, 1.82) is 0 Å². The zero-order valence-corrected chi connectivity index (χ0v) is 16.1. The van der Waals surface area contributed by atoms with E-state index in [1.165, 1.54) is 6.92 Å². The molecule has 11 nitrogen and oxygen atoms in total. The molecule has 0 aromatic heterocycles. The maximum atomic E-state index is 11.7. The molecule has 0 radical (unpaired) electrons. The second-order valence-corrected chi connectivity index (χ2v) is 7.58. The van der Waals surface area contributed by atoms with Crippen molar-refractivity contribution >= 4 is 5.91 Å². The second kappa shape index (κ2) is 9.74. The summed E-state index contributed by atoms with van der Waals surface area (Å²) in [5.74, 6) is -0.532. The molecule has 0 aromatic carbocycles. The normalized spacial score (nSPS) is 44.5. The molecule has 0 aliphatic carbocycles. The molecule has 2 aliphatic heterocycles. The lowest BCUT2D eigenvalue weighted by Gasteiger charge is -2.48. The summed E-state index contributed by atoms with van der Waals surface area (Å²) in [6.45, 7) is 3.80. The summed E-state index contributed by atoms with van der Waals surface area (Å²) in [6.07, 6.45) is -11.7. The minimum Gasteiger partial charge on any atom is -0.394 e. The Hall–Kier alpha value is -0.890. The largest absolute Gasteiger partial charge is 0.394 e. The highest BCUT2D eigenvalue weighted by atomic mass is 16.7. The van der Waals surface area contributed by atoms with Gasteiger partial charge in [0.1, 0.15) is 42.7 Å². The Morgan fingerprint density at radius 3 is 2.04 bits per heavy atom. The molecule has 0 spiro atoms. The fraction of sp³-hybridized carbons (Fsp3) is 0.941. The molecular weight excluding hydrogens is 378 g/mol. The van der Waals surface area contributed by atoms with Gasteiger partial charge in [0.2, 0.25) is 5.91 Å². The van der Waals surface area contributed by atoms with Crippen LogP contribution in [0.4, 0.5) is 0 Å². The Kier molecular flexibility index (Phi) is 8.14. The molecular formula is C17H31NO10. The molecule has 1 amide bonds. The van der Waals surface area contributed by atoms with Gasteiger partial charge in [0.15, 0.2) is 6.29 Å². The van der Waals surface area contributed by atoms with E-state index in [2.05, 4.69) is 5.32 Å². The van der Waals surface area contributed by atoms with Crippen LogP contribution >= 0.6 is 0 Å². The first-order valence-corrected chi connectivity index (χ1v) is 9.29. The zero-order valence-electron chi connectivity index (χ0n) is 16.1. The van der Waals surface area contributed by atoms with E-state index < -0.39 is 80.3 Å². The van der Waals surface area contributed by atoms with Gasteiger partial charge < -0.3 is 50.2 Å². The lowest BCUT2D eigenvalue weighted by atomic mass is 9.87. The molecule has 7 N–H and O–H groups in total. The maximum absolute atomic E-state index is 11.7. The second-order valence-electron chi connectivity index (χ2n) is 7.58. The van der Waals surface area contributed by atoms with Crippen LogP contribution in [0.5, 0.6) is 0 Å². The van der Waals surface area contributed by atoms with Gasteiger partial charge in [0.05, 0.1) is 25.4 Å². The van der Waals surface area contributed by atoms with Crippen LogP contribution in [0.15, 0.2) is 0 Å². The molecule has 2 saturated heterocycles. The van der Waals surface area contributed by atoms with Gasteiger partial charge in [-0.25, -0.2) is 0 Å². The highest BCUT2D eigenvalue weighted by Gasteiger charge is 2.51. The third-order valence-corrected chi connectivity index (χ3v) is 5.10. The molecule has 6 unspecified atom stereocenters. The van der Waals surface area contributed by atoms with Crippen molar-refractivity contribution in [3.8, 4) is 0 Å². The van der Waals surface area contributed by atoms with Crippen molar-refractivity contribution in [3.63, 3.8) is 0 Å². The van der Waals surface area contributed by atoms with Gasteiger partial charge in [-0.1, -0.05) is 13.8 Å². The quantitative estimate of drug-likeness (QED) is 0.232. The first kappa shape index (κ1) is 23.4. The smallest absolute Gasteiger partial charge is 0.217 e. The fourth-order valence-corrected chi connectivity index (χ4v) is 3.60. The monoisotopic (exact) mass is 409 g/mol. The standard InChI is InChI=1S/C17H31NO10/c1-6(2)15-10(18-7(3)21)16(12(23)9(5-20)26-15)28-17-14(25)13(24)11(22)8(4-19)27-17/h6,8-17,19-20,22-25H,4-5H2,1-3H3,(H,18,21)/t8?,9?,10?,11-,12+,13?,14?,15-,16?,17-/m0/s1. The van der Waals surface area contributed by atoms with E-state index in [4.69, 9.17) is 14.2 Å². The van der Waals surface area contributed by atoms with Crippen molar-refractivity contribution in [2.24, 2.45) is 5.92 Å². The lowest BCUT2D eigenvalue weighted by Crippen LogP contribution is -2.68. The summed E-state index contributed by atoms with van der Waals surface area (Å²) < 4.78 is 16.8. The molecule has 10 atom stereocenters. The van der Waals surface area contributed by atoms with Crippen LogP contribution in [0.1, 0.15) is 20.8 Å². The van der Waals surface area contributed by atoms with Crippen LogP contribution in [0.2, 0.25) is 0 Å². The maximum Gasteiger partial charge on any atom is 0.217 e. The van der Waals surface area contributed by atoms with E-state index in [9.17, 15) is 35.4 Å². The number of carbonyl (C=O) groups is 1. The number of ether oxygens (including phenoxy) is 3. The molecule has 2 rings (SSSR count). The number of aliphatic hydroxyl groups excluding tert-OH is 6. The highest BCUT2D eigenvalue weighted by Crippen LogP contribution is 2.31. The zero-order chi connectivity index (χ0) is 21.2. The molecule has 0 saturated carbocycles. The minimum atomic E-state index is -1.67. The Labute approximate surface area is 162 Å². The Morgan fingerprint density at radius 2 is 1.54 bits per heavy atom. The third-order valence-electron chi connectivity index (χ3n) is 5.10. The average molecular weight is 409 g/mol. The van der Waals surface area contributed by atoms with Crippen molar-refractivity contribution in [1.82, 2.24) is 5.32 Å². The van der Waals surface area contributed by atoms with Crippen molar-refractivity contribution in [2.45, 2.75) is 81.9 Å². The van der Waals surface area contributed by atoms with Crippen LogP contribution in [0.3, 0.4) is 0 Å². The van der Waals surface area contributed by atoms with Gasteiger partial charge in [-0.3, -0.25) is 4.79 Å². The van der Waals surface area contributed by atoms with Gasteiger partial charge in [0, 0.05) is 6.92 Å². The molecule has 164 valence electrons. The van der Waals surface area contributed by atoms with Gasteiger partial charge >= 0.3 is 0 Å². The van der Waals surface area contributed by atoms with E-state index >= 15 is 0 Å². The van der Waals surface area contributed by atoms with Gasteiger partial charge in [-0.05, 0) is 5.92 Å². The number of hydrogen-bond donors (Lipinski definition) is 7. The summed E-state index contributed by atoms with van der Waals surface area (Å²) in [7, 11) is 0. The van der Waals surface area contributed by atoms with Gasteiger partial charge in [-0.15, -0.1) is 0 Å². The number of rotatable bonds is 6. The predicted octanol–water partition coefficient (Wildman–Crippen LogP) is -3.55. The molecule has 2 heterocycles. The molecule has 28 heavy (non-hydrogen) atoms. The van der Waals surface area contributed by atoms with Crippen LogP contribution in [-0.4, -0.2) is 111 Å². The average Bonchev–Trinajstić information content (AvgIpc) is 2.64. The number of amides is 1. The fourth-order valence-electron chi connectivity index (χ4n) is 3.60. The molecule has 11 heteroatoms. The first-order chi connectivity index (χ1) is 13.1. The number of carbonyl (C=O) groups excluding carboxylic acids is 1. The molecule has 2 aliphatic rings. The van der Waals surface area contributed by atoms with Crippen molar-refractivity contribution < 1.29 is 49.6 Å². The summed E-state index contributed by atoms with van der Waals surface area (Å²) in [5.41, 5.74) is 0. The van der Waals surface area contributed by atoms with E-state index in [1.54, 1.807) is 0 Å². The van der Waals surface area contributed by atoms with Crippen molar-refractivity contribution in [2.75, 3.05) is 13.2 Å². The van der Waals surface area contributed by atoms with Gasteiger partial charge in [0.25, 0.3) is 0 Å². The van der Waals surface area contributed by atoms with Crippen LogP contribution < -0.4 is 5.32 Å². The van der Waals surface area contributed by atoms with Crippen LogP contribution in [-0.2, 0) is 19.0 Å². The lowest BCUT2D eigenvalue weighted by molar-refractivity contribution is -0.333. The first-order valence-electron chi connectivity index (χ1n) is 9.29. The predicted molar refractivity (Wildman–Crippen MR) is 92.8 cm³/mol. The molecule has 2 fully saturated rings. The Balaban J connectivity index is 2.29. The van der Waals surface area contributed by atoms with Crippen LogP contribution in [0.25, 0.3) is 0 Å². The molecule has 0 aromatic rings. The SMILES string of the molecule is CC(=O)NC1C(O[C@@H]2OC(CO)[C@H](O)C(O)C2O)[C@H](O)C(CO)O[C@H]1C(C)C. The summed E-state index contributed by atoms with van der Waals surface area (Å²) >= 11 is 0. The van der Waals surface area contributed by atoms with Crippen LogP contribution in [0, 0.1) is 5.92 Å². The number of aliphatic hydroxyl groups is 6.